The molecule has 2 aromatic carbocycles. The molecule has 0 spiro atoms. The minimum absolute atomic E-state index is 0.0447. The average molecular weight is 456 g/mol. The summed E-state index contributed by atoms with van der Waals surface area (Å²) >= 11 is 0. The number of amides is 1. The zero-order chi connectivity index (χ0) is 22.6. The van der Waals surface area contributed by atoms with E-state index in [1.54, 1.807) is 30.6 Å². The summed E-state index contributed by atoms with van der Waals surface area (Å²) in [7, 11) is -3.85. The van der Waals surface area contributed by atoms with E-state index in [4.69, 9.17) is 0 Å². The molecule has 0 radical (unpaired) electrons. The highest BCUT2D eigenvalue weighted by Crippen LogP contribution is 2.18. The van der Waals surface area contributed by atoms with Crippen LogP contribution < -0.4 is 14.9 Å². The van der Waals surface area contributed by atoms with E-state index in [-0.39, 0.29) is 16.8 Å². The SMILES string of the molecule is O=C(NC1CCCN(c2ncccn2)C1)c1ccc(NS(=O)(=O)c2ccc(F)cc2)cc1. The largest absolute Gasteiger partial charge is 0.348 e. The minimum Gasteiger partial charge on any atom is -0.348 e. The van der Waals surface area contributed by atoms with Gasteiger partial charge in [0.2, 0.25) is 5.95 Å². The van der Waals surface area contributed by atoms with E-state index in [2.05, 4.69) is 20.0 Å². The third-order valence-corrected chi connectivity index (χ3v) is 6.51. The summed E-state index contributed by atoms with van der Waals surface area (Å²) in [6, 6.07) is 12.4. The third kappa shape index (κ3) is 5.20. The fourth-order valence-corrected chi connectivity index (χ4v) is 4.58. The summed E-state index contributed by atoms with van der Waals surface area (Å²) < 4.78 is 40.3. The number of sulfonamides is 1. The lowest BCUT2D eigenvalue weighted by Gasteiger charge is -2.33. The van der Waals surface area contributed by atoms with Gasteiger partial charge in [0, 0.05) is 42.8 Å². The number of benzene rings is 2. The summed E-state index contributed by atoms with van der Waals surface area (Å²) in [5.74, 6) is -0.111. The van der Waals surface area contributed by atoms with Crippen LogP contribution in [0.15, 0.2) is 71.9 Å². The molecule has 4 rings (SSSR count). The number of rotatable bonds is 6. The van der Waals surface area contributed by atoms with Crippen molar-refractivity contribution in [3.8, 4) is 0 Å². The van der Waals surface area contributed by atoms with E-state index in [0.717, 1.165) is 31.5 Å². The molecule has 8 nitrogen and oxygen atoms in total. The van der Waals surface area contributed by atoms with Crippen molar-refractivity contribution in [1.82, 2.24) is 15.3 Å². The Hall–Kier alpha value is -3.53. The smallest absolute Gasteiger partial charge is 0.261 e. The van der Waals surface area contributed by atoms with Crippen LogP contribution in [0.2, 0.25) is 0 Å². The van der Waals surface area contributed by atoms with Crippen molar-refractivity contribution in [3.63, 3.8) is 0 Å². The lowest BCUT2D eigenvalue weighted by Crippen LogP contribution is -2.48. The molecule has 1 amide bonds. The van der Waals surface area contributed by atoms with Gasteiger partial charge >= 0.3 is 0 Å². The highest BCUT2D eigenvalue weighted by Gasteiger charge is 2.23. The van der Waals surface area contributed by atoms with Gasteiger partial charge in [-0.3, -0.25) is 9.52 Å². The number of hydrogen-bond acceptors (Lipinski definition) is 6. The number of anilines is 2. The number of nitrogens with one attached hydrogen (secondary N) is 2. The first kappa shape index (κ1) is 21.7. The first-order chi connectivity index (χ1) is 15.4. The van der Waals surface area contributed by atoms with Gasteiger partial charge in [-0.25, -0.2) is 22.8 Å². The maximum absolute atomic E-state index is 13.0. The zero-order valence-corrected chi connectivity index (χ0v) is 17.9. The van der Waals surface area contributed by atoms with E-state index < -0.39 is 15.8 Å². The van der Waals surface area contributed by atoms with Crippen LogP contribution >= 0.6 is 0 Å². The Morgan fingerprint density at radius 1 is 1.03 bits per heavy atom. The molecule has 166 valence electrons. The van der Waals surface area contributed by atoms with Crippen LogP contribution in [0.25, 0.3) is 0 Å². The maximum Gasteiger partial charge on any atom is 0.261 e. The van der Waals surface area contributed by atoms with Gasteiger partial charge in [-0.2, -0.15) is 0 Å². The molecule has 3 aromatic rings. The van der Waals surface area contributed by atoms with E-state index in [0.29, 0.717) is 23.7 Å². The lowest BCUT2D eigenvalue weighted by atomic mass is 10.1. The van der Waals surface area contributed by atoms with Crippen LogP contribution in [0.1, 0.15) is 23.2 Å². The molecule has 10 heteroatoms. The molecule has 1 saturated heterocycles. The monoisotopic (exact) mass is 455 g/mol. The minimum atomic E-state index is -3.85. The summed E-state index contributed by atoms with van der Waals surface area (Å²) in [5, 5.41) is 3.02. The van der Waals surface area contributed by atoms with E-state index in [1.807, 2.05) is 4.90 Å². The Kier molecular flexibility index (Phi) is 6.31. The molecule has 1 aliphatic heterocycles. The van der Waals surface area contributed by atoms with Crippen molar-refractivity contribution < 1.29 is 17.6 Å². The fraction of sp³-hybridized carbons (Fsp3) is 0.227. The molecule has 2 N–H and O–H groups in total. The first-order valence-corrected chi connectivity index (χ1v) is 11.6. The molecule has 1 aromatic heterocycles. The summed E-state index contributed by atoms with van der Waals surface area (Å²) in [6.07, 6.45) is 5.14. The summed E-state index contributed by atoms with van der Waals surface area (Å²) in [6.45, 7) is 1.45. The Morgan fingerprint density at radius 2 is 1.72 bits per heavy atom. The van der Waals surface area contributed by atoms with Gasteiger partial charge in [0.15, 0.2) is 0 Å². The summed E-state index contributed by atoms with van der Waals surface area (Å²) in [5.41, 5.74) is 0.721. The zero-order valence-electron chi connectivity index (χ0n) is 17.1. The van der Waals surface area contributed by atoms with Crippen molar-refractivity contribution in [2.75, 3.05) is 22.7 Å². The molecule has 1 aliphatic rings. The van der Waals surface area contributed by atoms with Gasteiger partial charge in [-0.05, 0) is 67.4 Å². The molecule has 1 fully saturated rings. The van der Waals surface area contributed by atoms with Crippen molar-refractivity contribution in [2.24, 2.45) is 0 Å². The van der Waals surface area contributed by atoms with Crippen LogP contribution in [-0.2, 0) is 10.0 Å². The van der Waals surface area contributed by atoms with E-state index >= 15 is 0 Å². The fourth-order valence-electron chi connectivity index (χ4n) is 3.52. The number of carbonyl (C=O) groups excluding carboxylic acids is 1. The second kappa shape index (κ2) is 9.31. The maximum atomic E-state index is 13.0. The van der Waals surface area contributed by atoms with Crippen LogP contribution in [0.3, 0.4) is 0 Å². The molecule has 0 saturated carbocycles. The van der Waals surface area contributed by atoms with Crippen LogP contribution in [0, 0.1) is 5.82 Å². The van der Waals surface area contributed by atoms with Gasteiger partial charge < -0.3 is 10.2 Å². The molecule has 32 heavy (non-hydrogen) atoms. The quantitative estimate of drug-likeness (QED) is 0.592. The number of nitrogens with zero attached hydrogens (tertiary/aromatic N) is 3. The Bertz CT molecular complexity index is 1170. The number of piperidine rings is 1. The summed E-state index contributed by atoms with van der Waals surface area (Å²) in [4.78, 5) is 23.2. The number of aromatic nitrogens is 2. The number of carbonyl (C=O) groups is 1. The van der Waals surface area contributed by atoms with Crippen molar-refractivity contribution in [2.45, 2.75) is 23.8 Å². The predicted octanol–water partition coefficient (Wildman–Crippen LogP) is 2.82. The van der Waals surface area contributed by atoms with Crippen LogP contribution in [0.5, 0.6) is 0 Å². The Balaban J connectivity index is 1.37. The van der Waals surface area contributed by atoms with Gasteiger partial charge in [0.25, 0.3) is 15.9 Å². The molecular weight excluding hydrogens is 433 g/mol. The predicted molar refractivity (Wildman–Crippen MR) is 118 cm³/mol. The van der Waals surface area contributed by atoms with E-state index in [1.165, 1.54) is 24.3 Å². The highest BCUT2D eigenvalue weighted by atomic mass is 32.2. The van der Waals surface area contributed by atoms with E-state index in [9.17, 15) is 17.6 Å². The first-order valence-electron chi connectivity index (χ1n) is 10.1. The Morgan fingerprint density at radius 3 is 2.41 bits per heavy atom. The van der Waals surface area contributed by atoms with Crippen molar-refractivity contribution >= 4 is 27.6 Å². The lowest BCUT2D eigenvalue weighted by molar-refractivity contribution is 0.0933. The van der Waals surface area contributed by atoms with Crippen molar-refractivity contribution in [3.05, 3.63) is 78.4 Å². The normalized spacial score (nSPS) is 16.4. The van der Waals surface area contributed by atoms with Crippen LogP contribution in [0.4, 0.5) is 16.0 Å². The molecule has 2 heterocycles. The van der Waals surface area contributed by atoms with Gasteiger partial charge in [0.05, 0.1) is 4.90 Å². The molecule has 1 unspecified atom stereocenters. The van der Waals surface area contributed by atoms with Gasteiger partial charge in [0.1, 0.15) is 5.82 Å². The highest BCUT2D eigenvalue weighted by molar-refractivity contribution is 7.92. The molecular formula is C22H22FN5O3S. The topological polar surface area (TPSA) is 104 Å². The van der Waals surface area contributed by atoms with Crippen molar-refractivity contribution in [1.29, 1.82) is 0 Å². The second-order valence-electron chi connectivity index (χ2n) is 7.44. The second-order valence-corrected chi connectivity index (χ2v) is 9.13. The number of halogens is 1. The Labute approximate surface area is 185 Å². The van der Waals surface area contributed by atoms with Gasteiger partial charge in [-0.15, -0.1) is 0 Å². The molecule has 1 atom stereocenters. The third-order valence-electron chi connectivity index (χ3n) is 5.11. The molecule has 0 bridgehead atoms. The number of hydrogen-bond donors (Lipinski definition) is 2. The van der Waals surface area contributed by atoms with Crippen LogP contribution in [-0.4, -0.2) is 43.4 Å². The molecule has 0 aliphatic carbocycles. The van der Waals surface area contributed by atoms with Gasteiger partial charge in [-0.1, -0.05) is 0 Å². The standard InChI is InChI=1S/C22H22FN5O3S/c23-17-6-10-20(11-7-17)32(30,31)27-18-8-4-16(5-9-18)21(29)26-19-3-1-14-28(15-19)22-24-12-2-13-25-22/h2,4-13,19,27H,1,3,14-15H2,(H,26,29). The average Bonchev–Trinajstić information content (AvgIpc) is 2.80.